The molecule has 1 aliphatic heterocycles. The number of halogens is 3. The summed E-state index contributed by atoms with van der Waals surface area (Å²) in [5, 5.41) is 13.6. The molecule has 0 saturated carbocycles. The van der Waals surface area contributed by atoms with Crippen LogP contribution < -0.4 is 5.32 Å². The van der Waals surface area contributed by atoms with E-state index in [0.717, 1.165) is 24.2 Å². The van der Waals surface area contributed by atoms with E-state index in [-0.39, 0.29) is 16.5 Å². The molecule has 0 radical (unpaired) electrons. The smallest absolute Gasteiger partial charge is 0.143 e. The number of hydrogen-bond acceptors (Lipinski definition) is 2. The van der Waals surface area contributed by atoms with Crippen LogP contribution in [0, 0.1) is 11.6 Å². The Kier molecular flexibility index (Phi) is 3.95. The van der Waals surface area contributed by atoms with Crippen LogP contribution in [0.1, 0.15) is 22.8 Å². The molecular weight excluding hydrogens is 340 g/mol. The van der Waals surface area contributed by atoms with E-state index in [1.807, 2.05) is 12.1 Å². The van der Waals surface area contributed by atoms with E-state index in [4.69, 9.17) is 0 Å². The third-order valence-corrected chi connectivity index (χ3v) is 4.39. The molecule has 0 aliphatic carbocycles. The molecule has 2 nitrogen and oxygen atoms in total. The first kappa shape index (κ1) is 14.5. The van der Waals surface area contributed by atoms with Gasteiger partial charge in [0.25, 0.3) is 0 Å². The molecule has 0 bridgehead atoms. The molecule has 0 spiro atoms. The van der Waals surface area contributed by atoms with Crippen LogP contribution in [-0.4, -0.2) is 11.7 Å². The van der Waals surface area contributed by atoms with Gasteiger partial charge in [0.15, 0.2) is 0 Å². The van der Waals surface area contributed by atoms with Gasteiger partial charge < -0.3 is 10.4 Å². The summed E-state index contributed by atoms with van der Waals surface area (Å²) in [4.78, 5) is 0. The molecule has 3 rings (SSSR count). The molecule has 1 unspecified atom stereocenters. The minimum Gasteiger partial charge on any atom is -0.388 e. The van der Waals surface area contributed by atoms with Gasteiger partial charge in [-0.15, -0.1) is 0 Å². The topological polar surface area (TPSA) is 32.3 Å². The molecule has 0 fully saturated rings. The van der Waals surface area contributed by atoms with E-state index in [1.165, 1.54) is 12.1 Å². The second-order valence-electron chi connectivity index (χ2n) is 5.10. The third kappa shape index (κ3) is 2.68. The van der Waals surface area contributed by atoms with Crippen molar-refractivity contribution >= 4 is 21.6 Å². The van der Waals surface area contributed by atoms with E-state index in [1.54, 1.807) is 6.07 Å². The van der Waals surface area contributed by atoms with Crippen LogP contribution in [0.5, 0.6) is 0 Å². The molecule has 0 saturated heterocycles. The van der Waals surface area contributed by atoms with Gasteiger partial charge in [-0.3, -0.25) is 0 Å². The summed E-state index contributed by atoms with van der Waals surface area (Å²) in [6, 6.07) is 8.16. The molecule has 2 aromatic rings. The molecular formula is C16H14BrF2NO. The average molecular weight is 354 g/mol. The summed E-state index contributed by atoms with van der Waals surface area (Å²) in [6.45, 7) is 0.818. The van der Waals surface area contributed by atoms with Crippen LogP contribution in [0.4, 0.5) is 14.5 Å². The fourth-order valence-corrected chi connectivity index (χ4v) is 3.07. The van der Waals surface area contributed by atoms with Crippen molar-refractivity contribution in [1.82, 2.24) is 0 Å². The number of anilines is 1. The van der Waals surface area contributed by atoms with Gasteiger partial charge in [0, 0.05) is 29.8 Å². The van der Waals surface area contributed by atoms with Crippen LogP contribution in [0.2, 0.25) is 0 Å². The molecule has 1 heterocycles. The maximum Gasteiger partial charge on any atom is 0.143 e. The predicted molar refractivity (Wildman–Crippen MR) is 81.4 cm³/mol. The normalized spacial score (nSPS) is 14.7. The zero-order valence-electron chi connectivity index (χ0n) is 11.2. The number of rotatable bonds is 3. The van der Waals surface area contributed by atoms with Gasteiger partial charge in [0.05, 0.1) is 10.6 Å². The first-order chi connectivity index (χ1) is 10.1. The molecule has 21 heavy (non-hydrogen) atoms. The van der Waals surface area contributed by atoms with Gasteiger partial charge >= 0.3 is 0 Å². The number of hydrogen-bond donors (Lipinski definition) is 2. The Labute approximate surface area is 129 Å². The first-order valence-corrected chi connectivity index (χ1v) is 7.53. The Bertz CT molecular complexity index is 690. The minimum atomic E-state index is -0.955. The number of benzene rings is 2. The lowest BCUT2D eigenvalue weighted by molar-refractivity contribution is 0.176. The summed E-state index contributed by atoms with van der Waals surface area (Å²) >= 11 is 3.04. The molecule has 110 valence electrons. The maximum atomic E-state index is 14.0. The summed E-state index contributed by atoms with van der Waals surface area (Å²) < 4.78 is 28.0. The zero-order valence-corrected chi connectivity index (χ0v) is 12.8. The van der Waals surface area contributed by atoms with Crippen LogP contribution in [0.3, 0.4) is 0 Å². The lowest BCUT2D eigenvalue weighted by Crippen LogP contribution is -2.08. The van der Waals surface area contributed by atoms with Crippen molar-refractivity contribution in [3.05, 3.63) is 63.1 Å². The van der Waals surface area contributed by atoms with Crippen LogP contribution in [0.25, 0.3) is 0 Å². The lowest BCUT2D eigenvalue weighted by Gasteiger charge is -2.16. The molecule has 5 heteroatoms. The van der Waals surface area contributed by atoms with Gasteiger partial charge in [-0.25, -0.2) is 8.78 Å². The van der Waals surface area contributed by atoms with Gasteiger partial charge in [0.1, 0.15) is 11.6 Å². The average Bonchev–Trinajstić information content (AvgIpc) is 2.95. The highest BCUT2D eigenvalue weighted by atomic mass is 79.9. The van der Waals surface area contributed by atoms with Crippen LogP contribution in [-0.2, 0) is 12.8 Å². The minimum absolute atomic E-state index is 0.102. The monoisotopic (exact) mass is 353 g/mol. The molecule has 0 amide bonds. The van der Waals surface area contributed by atoms with Gasteiger partial charge in [-0.1, -0.05) is 18.2 Å². The number of fused-ring (bicyclic) bond motifs is 1. The highest BCUT2D eigenvalue weighted by Crippen LogP contribution is 2.33. The number of aliphatic hydroxyl groups excluding tert-OH is 1. The molecule has 2 N–H and O–H groups in total. The number of para-hydroxylation sites is 1. The largest absolute Gasteiger partial charge is 0.388 e. The second kappa shape index (κ2) is 5.73. The fourth-order valence-electron chi connectivity index (χ4n) is 2.70. The van der Waals surface area contributed by atoms with E-state index < -0.39 is 17.7 Å². The van der Waals surface area contributed by atoms with Crippen molar-refractivity contribution in [2.45, 2.75) is 18.9 Å². The summed E-state index contributed by atoms with van der Waals surface area (Å²) in [5.41, 5.74) is 2.60. The van der Waals surface area contributed by atoms with Crippen molar-refractivity contribution in [3.63, 3.8) is 0 Å². The maximum absolute atomic E-state index is 14.0. The Hall–Kier alpha value is -1.46. The van der Waals surface area contributed by atoms with Gasteiger partial charge in [-0.2, -0.15) is 0 Å². The predicted octanol–water partition coefficient (Wildman–Crippen LogP) is 3.97. The standard InChI is InChI=1S/C16H14BrF2NO/c17-12-4-5-13(18)11(15(12)19)8-14(21)10-3-1-2-9-6-7-20-16(9)10/h1-5,14,20-21H,6-8H2. The Morgan fingerprint density at radius 3 is 2.86 bits per heavy atom. The Morgan fingerprint density at radius 2 is 2.05 bits per heavy atom. The molecule has 1 atom stereocenters. The van der Waals surface area contributed by atoms with Crippen molar-refractivity contribution < 1.29 is 13.9 Å². The van der Waals surface area contributed by atoms with Gasteiger partial charge in [-0.05, 0) is 40.0 Å². The summed E-state index contributed by atoms with van der Waals surface area (Å²) in [5.74, 6) is -1.30. The first-order valence-electron chi connectivity index (χ1n) is 6.74. The van der Waals surface area contributed by atoms with E-state index in [2.05, 4.69) is 21.2 Å². The Balaban J connectivity index is 1.93. The molecule has 2 aromatic carbocycles. The zero-order chi connectivity index (χ0) is 15.0. The highest BCUT2D eigenvalue weighted by molar-refractivity contribution is 9.10. The highest BCUT2D eigenvalue weighted by Gasteiger charge is 2.22. The van der Waals surface area contributed by atoms with Crippen molar-refractivity contribution in [2.24, 2.45) is 0 Å². The third-order valence-electron chi connectivity index (χ3n) is 3.77. The SMILES string of the molecule is OC(Cc1c(F)ccc(Br)c1F)c1cccc2c1NCC2. The molecule has 0 aromatic heterocycles. The fraction of sp³-hybridized carbons (Fsp3) is 0.250. The van der Waals surface area contributed by atoms with Gasteiger partial charge in [0.2, 0.25) is 0 Å². The van der Waals surface area contributed by atoms with Crippen molar-refractivity contribution in [3.8, 4) is 0 Å². The molecule has 1 aliphatic rings. The Morgan fingerprint density at radius 1 is 1.24 bits per heavy atom. The van der Waals surface area contributed by atoms with E-state index in [0.29, 0.717) is 5.56 Å². The summed E-state index contributed by atoms with van der Waals surface area (Å²) in [7, 11) is 0. The van der Waals surface area contributed by atoms with E-state index >= 15 is 0 Å². The van der Waals surface area contributed by atoms with Crippen LogP contribution in [0.15, 0.2) is 34.8 Å². The lowest BCUT2D eigenvalue weighted by atomic mass is 9.97. The van der Waals surface area contributed by atoms with Crippen LogP contribution >= 0.6 is 15.9 Å². The number of aliphatic hydroxyl groups is 1. The second-order valence-corrected chi connectivity index (χ2v) is 5.95. The van der Waals surface area contributed by atoms with Crippen molar-refractivity contribution in [1.29, 1.82) is 0 Å². The quantitative estimate of drug-likeness (QED) is 0.818. The van der Waals surface area contributed by atoms with E-state index in [9.17, 15) is 13.9 Å². The summed E-state index contributed by atoms with van der Waals surface area (Å²) in [6.07, 6.45) is -0.158. The number of nitrogens with one attached hydrogen (secondary N) is 1. The van der Waals surface area contributed by atoms with Crippen molar-refractivity contribution in [2.75, 3.05) is 11.9 Å².